The van der Waals surface area contributed by atoms with Crippen molar-refractivity contribution >= 4 is 76.9 Å². The number of imide groups is 6. The Bertz CT molecular complexity index is 1510. The highest BCUT2D eigenvalue weighted by Crippen LogP contribution is 1.81. The molecule has 0 aliphatic carbocycles. The average Bonchev–Trinajstić information content (AvgIpc) is 3.18. The summed E-state index contributed by atoms with van der Waals surface area (Å²) in [7, 11) is 0. The molecule has 59 heavy (non-hydrogen) atoms. The number of carboxylic acids is 1. The van der Waals surface area contributed by atoms with Crippen LogP contribution < -0.4 is 63.8 Å². The first kappa shape index (κ1) is 53.0. The molecule has 0 heterocycles. The Morgan fingerprint density at radius 1 is 0.339 bits per heavy atom. The summed E-state index contributed by atoms with van der Waals surface area (Å²) in [4.78, 5) is 150. The van der Waals surface area contributed by atoms with Gasteiger partial charge in [-0.3, -0.25) is 89.4 Å². The maximum Gasteiger partial charge on any atom is 0.394 e. The van der Waals surface area contributed by atoms with E-state index in [2.05, 4.69) is 38.8 Å². The summed E-state index contributed by atoms with van der Waals surface area (Å²) in [5, 5.41) is 34.3. The summed E-state index contributed by atoms with van der Waals surface area (Å²) in [6.45, 7) is 11.8. The summed E-state index contributed by atoms with van der Waals surface area (Å²) < 4.78 is 11.0. The van der Waals surface area contributed by atoms with Crippen molar-refractivity contribution in [1.29, 1.82) is 0 Å². The van der Waals surface area contributed by atoms with E-state index < -0.39 is 83.4 Å². The topological polar surface area (TPSA) is 405 Å². The average molecular weight is 847 g/mol. The molecule has 0 aliphatic rings. The Balaban J connectivity index is 3.98. The molecule has 0 spiro atoms. The summed E-state index contributed by atoms with van der Waals surface area (Å²) in [6.07, 6.45) is 1.10. The van der Waals surface area contributed by atoms with Crippen LogP contribution in [0, 0.1) is 0 Å². The van der Waals surface area contributed by atoms with Gasteiger partial charge in [0, 0.05) is 65.4 Å². The minimum Gasteiger partial charge on any atom is -0.474 e. The van der Waals surface area contributed by atoms with Crippen LogP contribution in [0.2, 0.25) is 0 Å². The molecule has 0 rings (SSSR count). The first-order chi connectivity index (χ1) is 28.1. The highest BCUT2D eigenvalue weighted by atomic mass is 16.5. The molecule has 0 aromatic carbocycles. The predicted octanol–water partition coefficient (Wildman–Crippen LogP) is -10.1. The number of carboxylic acid groups (broad SMARTS) is 1. The number of hydrogen-bond donors (Lipinski definition) is 13. The maximum absolute atomic E-state index is 11.9. The number of amides is 12. The second kappa shape index (κ2) is 33.0. The van der Waals surface area contributed by atoms with Crippen molar-refractivity contribution in [2.45, 2.75) is 13.3 Å². The van der Waals surface area contributed by atoms with Gasteiger partial charge in [-0.2, -0.15) is 0 Å². The molecule has 0 aliphatic heterocycles. The van der Waals surface area contributed by atoms with E-state index in [1.807, 2.05) is 0 Å². The molecule has 0 fully saturated rings. The van der Waals surface area contributed by atoms with Gasteiger partial charge in [-0.25, -0.2) is 4.79 Å². The second-order valence-corrected chi connectivity index (χ2v) is 11.3. The van der Waals surface area contributed by atoms with Gasteiger partial charge in [0.05, 0.1) is 33.0 Å². The van der Waals surface area contributed by atoms with Crippen LogP contribution in [0.15, 0.2) is 0 Å². The van der Waals surface area contributed by atoms with Crippen LogP contribution in [0.5, 0.6) is 0 Å². The van der Waals surface area contributed by atoms with Crippen molar-refractivity contribution in [2.75, 3.05) is 105 Å². The number of ether oxygens (including phenoxy) is 2. The minimum atomic E-state index is -2.18. The lowest BCUT2D eigenvalue weighted by Crippen LogP contribution is -2.54. The van der Waals surface area contributed by atoms with E-state index in [4.69, 9.17) is 14.6 Å². The predicted molar refractivity (Wildman–Crippen MR) is 196 cm³/mol. The molecule has 28 nitrogen and oxygen atoms in total. The van der Waals surface area contributed by atoms with Crippen molar-refractivity contribution in [3.63, 3.8) is 0 Å². The molecule has 0 radical (unpaired) electrons. The van der Waals surface area contributed by atoms with Crippen molar-refractivity contribution in [3.05, 3.63) is 0 Å². The fourth-order valence-corrected chi connectivity index (χ4v) is 3.63. The zero-order valence-corrected chi connectivity index (χ0v) is 32.1. The highest BCUT2D eigenvalue weighted by molar-refractivity contribution is 6.54. The molecule has 28 heteroatoms. The number of nitrogens with one attached hydrogen (secondary N) is 12. The zero-order chi connectivity index (χ0) is 44.4. The van der Waals surface area contributed by atoms with E-state index >= 15 is 0 Å². The van der Waals surface area contributed by atoms with E-state index in [1.165, 1.54) is 5.32 Å². The summed E-state index contributed by atoms with van der Waals surface area (Å²) in [5.41, 5.74) is 0. The van der Waals surface area contributed by atoms with Crippen LogP contribution in [0.25, 0.3) is 0 Å². The normalized spacial score (nSPS) is 10.4. The SMILES string of the molecule is CCCNCCOCCOCCNCCNCCNCCNCCNCC(=O)NC(=O)C(=O)NC(=O)C(=O)NC(=O)C(=O)NC(=O)C(=O)NC(=O)C(=O)NC(=O)C(=O)O. The van der Waals surface area contributed by atoms with Gasteiger partial charge in [0.1, 0.15) is 0 Å². The van der Waals surface area contributed by atoms with Gasteiger partial charge in [-0.15, -0.1) is 0 Å². The largest absolute Gasteiger partial charge is 0.474 e. The summed E-state index contributed by atoms with van der Waals surface area (Å²) in [5.74, 6) is -24.9. The third-order valence-corrected chi connectivity index (χ3v) is 6.46. The third-order valence-electron chi connectivity index (χ3n) is 6.46. The van der Waals surface area contributed by atoms with Crippen LogP contribution in [-0.2, 0) is 71.8 Å². The number of hydrogen-bond acceptors (Lipinski definition) is 21. The van der Waals surface area contributed by atoms with E-state index in [0.29, 0.717) is 52.6 Å². The molecule has 0 saturated carbocycles. The molecule has 0 bridgehead atoms. The van der Waals surface area contributed by atoms with Crippen LogP contribution in [0.3, 0.4) is 0 Å². The maximum atomic E-state index is 11.9. The van der Waals surface area contributed by atoms with E-state index in [9.17, 15) is 62.3 Å². The molecule has 0 aromatic rings. The van der Waals surface area contributed by atoms with Crippen molar-refractivity contribution < 1.29 is 76.9 Å². The van der Waals surface area contributed by atoms with Crippen LogP contribution >= 0.6 is 0 Å². The number of aliphatic carboxylic acids is 1. The van der Waals surface area contributed by atoms with E-state index in [-0.39, 0.29) is 0 Å². The number of rotatable bonds is 25. The first-order valence-electron chi connectivity index (χ1n) is 17.8. The number of carbonyl (C=O) groups is 13. The standard InChI is InChI=1S/C31H50N12O16/c1-2-3-32-12-14-58-16-17-59-15-13-36-9-8-34-5-4-33-6-7-35-10-11-37-18-19(44)38-20(45)21(46)39-22(47)23(48)40-24(49)25(50)41-26(51)27(52)42-28(53)29(54)43-30(55)31(56)57/h32-37H,2-18H2,1H3,(H,56,57)(H,38,44,45)(H,39,46,47)(H,40,48,49)(H,41,50,51)(H,42,52,53)(H,43,54,55). The second-order valence-electron chi connectivity index (χ2n) is 11.3. The van der Waals surface area contributed by atoms with Gasteiger partial charge in [0.25, 0.3) is 0 Å². The molecule has 0 atom stereocenters. The fraction of sp³-hybridized carbons (Fsp3) is 0.581. The zero-order valence-electron chi connectivity index (χ0n) is 32.1. The molecule has 0 aromatic heterocycles. The summed E-state index contributed by atoms with van der Waals surface area (Å²) in [6, 6.07) is 0. The molecule has 12 amide bonds. The van der Waals surface area contributed by atoms with E-state index in [0.717, 1.165) is 73.5 Å². The van der Waals surface area contributed by atoms with Crippen molar-refractivity contribution in [1.82, 2.24) is 63.8 Å². The van der Waals surface area contributed by atoms with Gasteiger partial charge in [-0.1, -0.05) is 6.92 Å². The van der Waals surface area contributed by atoms with Crippen molar-refractivity contribution in [2.24, 2.45) is 0 Å². The van der Waals surface area contributed by atoms with Crippen LogP contribution in [0.1, 0.15) is 13.3 Å². The molecule has 0 saturated heterocycles. The van der Waals surface area contributed by atoms with Crippen molar-refractivity contribution in [3.8, 4) is 0 Å². The Labute approximate surface area is 335 Å². The van der Waals surface area contributed by atoms with E-state index in [1.54, 1.807) is 5.32 Å². The van der Waals surface area contributed by atoms with Gasteiger partial charge in [-0.05, 0) is 13.0 Å². The van der Waals surface area contributed by atoms with Gasteiger partial charge in [0.2, 0.25) is 5.91 Å². The molecule has 330 valence electrons. The molecular formula is C31H50N12O16. The Morgan fingerprint density at radius 2 is 0.610 bits per heavy atom. The Kier molecular flexibility index (Phi) is 29.6. The molecule has 13 N–H and O–H groups in total. The monoisotopic (exact) mass is 846 g/mol. The molecule has 0 unspecified atom stereocenters. The van der Waals surface area contributed by atoms with Gasteiger partial charge >= 0.3 is 70.9 Å². The van der Waals surface area contributed by atoms with Crippen LogP contribution in [-0.4, -0.2) is 187 Å². The summed E-state index contributed by atoms with van der Waals surface area (Å²) >= 11 is 0. The van der Waals surface area contributed by atoms with Gasteiger partial charge < -0.3 is 46.5 Å². The number of carbonyl (C=O) groups excluding carboxylic acids is 12. The first-order valence-corrected chi connectivity index (χ1v) is 17.8. The van der Waals surface area contributed by atoms with Crippen LogP contribution in [0.4, 0.5) is 0 Å². The lowest BCUT2D eigenvalue weighted by Gasteiger charge is -2.09. The lowest BCUT2D eigenvalue weighted by atomic mass is 10.4. The Morgan fingerprint density at radius 3 is 0.932 bits per heavy atom. The highest BCUT2D eigenvalue weighted by Gasteiger charge is 2.30. The minimum absolute atomic E-state index is 0.292. The molecular weight excluding hydrogens is 796 g/mol. The smallest absolute Gasteiger partial charge is 0.394 e. The lowest BCUT2D eigenvalue weighted by molar-refractivity contribution is -0.153. The quantitative estimate of drug-likeness (QED) is 0.0300. The van der Waals surface area contributed by atoms with Gasteiger partial charge in [0.15, 0.2) is 0 Å². The fourth-order valence-electron chi connectivity index (χ4n) is 3.63. The Hall–Kier alpha value is -6.01. The third kappa shape index (κ3) is 28.1.